The molecule has 0 fully saturated rings. The average molecular weight is 431 g/mol. The first kappa shape index (κ1) is 21.0. The highest BCUT2D eigenvalue weighted by molar-refractivity contribution is 6.37. The van der Waals surface area contributed by atoms with Crippen molar-refractivity contribution in [3.63, 3.8) is 0 Å². The molecule has 1 aromatic heterocycles. The van der Waals surface area contributed by atoms with Gasteiger partial charge in [0.15, 0.2) is 5.69 Å². The lowest BCUT2D eigenvalue weighted by atomic mass is 10.1. The van der Waals surface area contributed by atoms with Crippen LogP contribution < -0.4 is 11.0 Å². The van der Waals surface area contributed by atoms with Crippen molar-refractivity contribution in [2.45, 2.75) is 33.2 Å². The first-order valence-electron chi connectivity index (χ1n) is 9.22. The van der Waals surface area contributed by atoms with Gasteiger partial charge in [-0.2, -0.15) is 10.2 Å². The number of carbonyl (C=O) groups excluding carboxylic acids is 1. The Balaban J connectivity index is 1.96. The number of unbranched alkanes of at least 4 members (excludes halogenated alkanes) is 1. The number of amides is 1. The Kier molecular flexibility index (Phi) is 6.67. The van der Waals surface area contributed by atoms with E-state index < -0.39 is 5.91 Å². The lowest BCUT2D eigenvalue weighted by Crippen LogP contribution is -2.29. The van der Waals surface area contributed by atoms with E-state index in [2.05, 4.69) is 15.6 Å². The van der Waals surface area contributed by atoms with Crippen molar-refractivity contribution in [2.75, 3.05) is 0 Å². The monoisotopic (exact) mass is 430 g/mol. The number of nitrogens with zero attached hydrogens (tertiary/aromatic N) is 3. The largest absolute Gasteiger partial charge is 0.292 e. The van der Waals surface area contributed by atoms with E-state index in [1.54, 1.807) is 49.4 Å². The number of rotatable bonds is 6. The van der Waals surface area contributed by atoms with Gasteiger partial charge in [0.25, 0.3) is 11.5 Å². The fourth-order valence-corrected chi connectivity index (χ4v) is 3.44. The Morgan fingerprint density at radius 3 is 2.59 bits per heavy atom. The lowest BCUT2D eigenvalue weighted by Gasteiger charge is -2.10. The maximum Gasteiger partial charge on any atom is 0.292 e. The highest BCUT2D eigenvalue weighted by Gasteiger charge is 2.16. The molecule has 3 aromatic rings. The number of fused-ring (bicyclic) bond motifs is 1. The molecule has 0 atom stereocenters. The normalized spacial score (nSPS) is 11.7. The summed E-state index contributed by atoms with van der Waals surface area (Å²) in [6, 6.07) is 12.0. The first-order valence-corrected chi connectivity index (χ1v) is 9.98. The molecule has 0 aliphatic carbocycles. The summed E-state index contributed by atoms with van der Waals surface area (Å²) in [5.41, 5.74) is 3.62. The summed E-state index contributed by atoms with van der Waals surface area (Å²) < 4.78 is 1.34. The molecule has 1 heterocycles. The van der Waals surface area contributed by atoms with Gasteiger partial charge in [0.1, 0.15) is 0 Å². The SMILES string of the molecule is CCCCn1nc(C(=O)N/N=C(\C)c2ccc(Cl)cc2Cl)c2ccccc2c1=O. The molecule has 8 heteroatoms. The molecule has 150 valence electrons. The number of benzene rings is 2. The van der Waals surface area contributed by atoms with Crippen molar-refractivity contribution >= 4 is 45.6 Å². The number of hydrazone groups is 1. The molecular formula is C21H20Cl2N4O2. The second-order valence-corrected chi connectivity index (χ2v) is 7.38. The van der Waals surface area contributed by atoms with Crippen LogP contribution in [0.4, 0.5) is 0 Å². The highest BCUT2D eigenvalue weighted by atomic mass is 35.5. The Morgan fingerprint density at radius 1 is 1.17 bits per heavy atom. The molecule has 0 bridgehead atoms. The van der Waals surface area contributed by atoms with Gasteiger partial charge in [-0.05, 0) is 31.5 Å². The van der Waals surface area contributed by atoms with Crippen molar-refractivity contribution in [1.29, 1.82) is 0 Å². The number of nitrogens with one attached hydrogen (secondary N) is 1. The summed E-state index contributed by atoms with van der Waals surface area (Å²) in [7, 11) is 0. The number of halogens is 2. The molecule has 0 saturated heterocycles. The van der Waals surface area contributed by atoms with Crippen LogP contribution in [0.1, 0.15) is 42.7 Å². The average Bonchev–Trinajstić information content (AvgIpc) is 2.71. The zero-order valence-electron chi connectivity index (χ0n) is 16.1. The minimum Gasteiger partial charge on any atom is -0.267 e. The molecule has 0 radical (unpaired) electrons. The van der Waals surface area contributed by atoms with Crippen molar-refractivity contribution in [3.8, 4) is 0 Å². The minimum absolute atomic E-state index is 0.148. The number of hydrogen-bond acceptors (Lipinski definition) is 4. The molecule has 1 N–H and O–H groups in total. The predicted molar refractivity (Wildman–Crippen MR) is 117 cm³/mol. The summed E-state index contributed by atoms with van der Waals surface area (Å²) in [6.07, 6.45) is 1.70. The molecule has 29 heavy (non-hydrogen) atoms. The summed E-state index contributed by atoms with van der Waals surface area (Å²) in [6.45, 7) is 4.20. The van der Waals surface area contributed by atoms with Gasteiger partial charge in [-0.25, -0.2) is 10.1 Å². The first-order chi connectivity index (χ1) is 13.9. The molecule has 3 rings (SSSR count). The molecule has 0 aliphatic rings. The third-order valence-electron chi connectivity index (χ3n) is 4.45. The smallest absolute Gasteiger partial charge is 0.267 e. The van der Waals surface area contributed by atoms with Gasteiger partial charge >= 0.3 is 0 Å². The van der Waals surface area contributed by atoms with E-state index >= 15 is 0 Å². The fourth-order valence-electron chi connectivity index (χ4n) is 2.89. The van der Waals surface area contributed by atoms with Gasteiger partial charge in [0.2, 0.25) is 0 Å². The summed E-state index contributed by atoms with van der Waals surface area (Å²) >= 11 is 12.1. The lowest BCUT2D eigenvalue weighted by molar-refractivity contribution is 0.0949. The molecule has 0 unspecified atom stereocenters. The van der Waals surface area contributed by atoms with Crippen LogP contribution in [0.2, 0.25) is 10.0 Å². The zero-order valence-corrected chi connectivity index (χ0v) is 17.6. The predicted octanol–water partition coefficient (Wildman–Crippen LogP) is 4.66. The van der Waals surface area contributed by atoms with E-state index in [-0.39, 0.29) is 11.3 Å². The van der Waals surface area contributed by atoms with Gasteiger partial charge in [-0.3, -0.25) is 9.59 Å². The van der Waals surface area contributed by atoms with Gasteiger partial charge in [-0.1, -0.05) is 60.8 Å². The van der Waals surface area contributed by atoms with Crippen molar-refractivity contribution in [2.24, 2.45) is 5.10 Å². The van der Waals surface area contributed by atoms with Crippen molar-refractivity contribution < 1.29 is 4.79 Å². The van der Waals surface area contributed by atoms with Gasteiger partial charge < -0.3 is 0 Å². The van der Waals surface area contributed by atoms with Crippen LogP contribution in [0.3, 0.4) is 0 Å². The van der Waals surface area contributed by atoms with Crippen LogP contribution in [0, 0.1) is 0 Å². The quantitative estimate of drug-likeness (QED) is 0.456. The Hall–Kier alpha value is -2.70. The number of aromatic nitrogens is 2. The molecule has 0 saturated carbocycles. The standard InChI is InChI=1S/C21H20Cl2N4O2/c1-3-4-11-27-21(29)17-8-6-5-7-16(17)19(26-27)20(28)25-24-13(2)15-10-9-14(22)12-18(15)23/h5-10,12H,3-4,11H2,1-2H3,(H,25,28)/b24-13+. The van der Waals surface area contributed by atoms with E-state index in [0.717, 1.165) is 12.8 Å². The number of aryl methyl sites for hydroxylation is 1. The van der Waals surface area contributed by atoms with E-state index in [4.69, 9.17) is 23.2 Å². The molecule has 2 aromatic carbocycles. The molecular weight excluding hydrogens is 411 g/mol. The van der Waals surface area contributed by atoms with Crippen LogP contribution >= 0.6 is 23.2 Å². The maximum atomic E-state index is 12.8. The van der Waals surface area contributed by atoms with Gasteiger partial charge in [0.05, 0.1) is 16.1 Å². The maximum absolute atomic E-state index is 12.8. The zero-order chi connectivity index (χ0) is 21.0. The Morgan fingerprint density at radius 2 is 1.90 bits per heavy atom. The summed E-state index contributed by atoms with van der Waals surface area (Å²) in [5.74, 6) is -0.504. The van der Waals surface area contributed by atoms with Crippen LogP contribution in [-0.2, 0) is 6.54 Å². The molecule has 0 aliphatic heterocycles. The summed E-state index contributed by atoms with van der Waals surface area (Å²) in [5, 5.41) is 10.3. The molecule has 0 spiro atoms. The Labute approximate surface area is 178 Å². The number of hydrogen-bond donors (Lipinski definition) is 1. The van der Waals surface area contributed by atoms with E-state index in [0.29, 0.717) is 38.6 Å². The minimum atomic E-state index is -0.504. The van der Waals surface area contributed by atoms with Crippen LogP contribution in [0.25, 0.3) is 10.8 Å². The van der Waals surface area contributed by atoms with E-state index in [1.165, 1.54) is 4.68 Å². The third kappa shape index (κ3) is 4.66. The van der Waals surface area contributed by atoms with E-state index in [1.807, 2.05) is 6.92 Å². The van der Waals surface area contributed by atoms with Crippen LogP contribution in [-0.4, -0.2) is 21.4 Å². The van der Waals surface area contributed by atoms with Crippen molar-refractivity contribution in [1.82, 2.24) is 15.2 Å². The van der Waals surface area contributed by atoms with Gasteiger partial charge in [-0.15, -0.1) is 0 Å². The second kappa shape index (κ2) is 9.20. The highest BCUT2D eigenvalue weighted by Crippen LogP contribution is 2.21. The third-order valence-corrected chi connectivity index (χ3v) is 5.00. The van der Waals surface area contributed by atoms with E-state index in [9.17, 15) is 9.59 Å². The van der Waals surface area contributed by atoms with Crippen LogP contribution in [0.5, 0.6) is 0 Å². The summed E-state index contributed by atoms with van der Waals surface area (Å²) in [4.78, 5) is 25.5. The molecule has 1 amide bonds. The topological polar surface area (TPSA) is 76.3 Å². The molecule has 6 nitrogen and oxygen atoms in total. The van der Waals surface area contributed by atoms with Crippen molar-refractivity contribution in [3.05, 3.63) is 74.1 Å². The second-order valence-electron chi connectivity index (χ2n) is 6.54. The van der Waals surface area contributed by atoms with Gasteiger partial charge in [0, 0.05) is 22.5 Å². The fraction of sp³-hybridized carbons (Fsp3) is 0.238. The number of carbonyl (C=O) groups is 1. The van der Waals surface area contributed by atoms with Crippen LogP contribution in [0.15, 0.2) is 52.4 Å². The Bertz CT molecular complexity index is 1160.